The van der Waals surface area contributed by atoms with Gasteiger partial charge in [0.2, 0.25) is 0 Å². The van der Waals surface area contributed by atoms with Gasteiger partial charge >= 0.3 is 0 Å². The van der Waals surface area contributed by atoms with E-state index in [0.29, 0.717) is 0 Å². The van der Waals surface area contributed by atoms with E-state index >= 15 is 0 Å². The number of rotatable bonds is 1. The zero-order valence-corrected chi connectivity index (χ0v) is 18.2. The second-order valence-electron chi connectivity index (χ2n) is 7.03. The third-order valence-corrected chi connectivity index (χ3v) is 4.95. The number of hydrogen-bond acceptors (Lipinski definition) is 4. The summed E-state index contributed by atoms with van der Waals surface area (Å²) in [6.45, 7) is 0. The van der Waals surface area contributed by atoms with Crippen LogP contribution in [0.3, 0.4) is 0 Å². The summed E-state index contributed by atoms with van der Waals surface area (Å²) < 4.78 is 10.7. The van der Waals surface area contributed by atoms with Gasteiger partial charge in [0, 0.05) is 17.2 Å². The molecule has 32 heavy (non-hydrogen) atoms. The molecule has 0 amide bonds. The average molecular weight is 436 g/mol. The molecule has 156 valence electrons. The van der Waals surface area contributed by atoms with Crippen molar-refractivity contribution >= 4 is 33.8 Å². The van der Waals surface area contributed by atoms with Crippen LogP contribution < -0.4 is 4.74 Å². The molecule has 0 unspecified atom stereocenters. The predicted octanol–water partition coefficient (Wildman–Crippen LogP) is 8.24. The Morgan fingerprint density at radius 1 is 0.625 bits per heavy atom. The Bertz CT molecular complexity index is 1220. The molecular formula is C28H21NO2S. The minimum absolute atomic E-state index is 0.854. The zero-order valence-electron chi connectivity index (χ0n) is 17.3. The van der Waals surface area contributed by atoms with Gasteiger partial charge < -0.3 is 9.15 Å². The van der Waals surface area contributed by atoms with Crippen molar-refractivity contribution in [2.75, 3.05) is 0 Å². The molecule has 1 aliphatic rings. The molecule has 0 saturated heterocycles. The molecule has 1 aromatic heterocycles. The molecule has 0 aliphatic carbocycles. The molecule has 5 aromatic rings. The summed E-state index contributed by atoms with van der Waals surface area (Å²) in [6.07, 6.45) is 4.47. The molecule has 0 saturated carbocycles. The maximum atomic E-state index is 5.78. The molecule has 6 rings (SSSR count). The summed E-state index contributed by atoms with van der Waals surface area (Å²) >= 11 is 4.42. The summed E-state index contributed by atoms with van der Waals surface area (Å²) in [4.78, 5) is 3.77. The second kappa shape index (κ2) is 10.9. The number of para-hydroxylation sites is 3. The van der Waals surface area contributed by atoms with E-state index < -0.39 is 0 Å². The molecule has 1 aliphatic heterocycles. The van der Waals surface area contributed by atoms with Crippen LogP contribution in [0.2, 0.25) is 0 Å². The van der Waals surface area contributed by atoms with Gasteiger partial charge in [0.15, 0.2) is 0 Å². The van der Waals surface area contributed by atoms with E-state index in [0.717, 1.165) is 34.4 Å². The lowest BCUT2D eigenvalue weighted by atomic mass is 10.0. The van der Waals surface area contributed by atoms with E-state index in [1.165, 1.54) is 11.1 Å². The number of isothiocyanates is 1. The van der Waals surface area contributed by atoms with E-state index in [1.807, 2.05) is 78.9 Å². The Labute approximate surface area is 192 Å². The van der Waals surface area contributed by atoms with E-state index in [-0.39, 0.29) is 0 Å². The summed E-state index contributed by atoms with van der Waals surface area (Å²) in [5.41, 5.74) is 3.39. The molecule has 4 heteroatoms. The molecule has 0 atom stereocenters. The minimum atomic E-state index is 0.854. The second-order valence-corrected chi connectivity index (χ2v) is 7.22. The lowest BCUT2D eigenvalue weighted by Gasteiger charge is -2.19. The molecule has 2 heterocycles. The lowest BCUT2D eigenvalue weighted by Crippen LogP contribution is -2.01. The van der Waals surface area contributed by atoms with Crippen molar-refractivity contribution in [3.05, 3.63) is 127 Å². The number of aliphatic imine (C=N–C) groups is 1. The van der Waals surface area contributed by atoms with E-state index in [4.69, 9.17) is 9.15 Å². The van der Waals surface area contributed by atoms with Crippen molar-refractivity contribution in [2.45, 2.75) is 6.42 Å². The molecule has 0 radical (unpaired) electrons. The van der Waals surface area contributed by atoms with Gasteiger partial charge in [-0.05, 0) is 47.6 Å². The Hall–Kier alpha value is -3.98. The van der Waals surface area contributed by atoms with Gasteiger partial charge in [0.25, 0.3) is 0 Å². The van der Waals surface area contributed by atoms with Crippen LogP contribution in [0.25, 0.3) is 10.8 Å². The SMILES string of the molecule is S=C=Nc1ccccc1.c1ccc2c(c1)Cc1ccccc1O2.c1ccc2cocc2c1. The first-order chi connectivity index (χ1) is 15.8. The van der Waals surface area contributed by atoms with Gasteiger partial charge in [-0.3, -0.25) is 0 Å². The molecule has 0 fully saturated rings. The number of furan rings is 1. The minimum Gasteiger partial charge on any atom is -0.471 e. The highest BCUT2D eigenvalue weighted by atomic mass is 32.1. The largest absolute Gasteiger partial charge is 0.471 e. The van der Waals surface area contributed by atoms with Gasteiger partial charge in [-0.2, -0.15) is 4.99 Å². The maximum Gasteiger partial charge on any atom is 0.130 e. The quantitative estimate of drug-likeness (QED) is 0.193. The molecular weight excluding hydrogens is 414 g/mol. The summed E-state index contributed by atoms with van der Waals surface area (Å²) in [6, 6.07) is 33.9. The monoisotopic (exact) mass is 435 g/mol. The topological polar surface area (TPSA) is 34.7 Å². The van der Waals surface area contributed by atoms with Crippen LogP contribution in [0.15, 0.2) is 125 Å². The number of thiocarbonyl (C=S) groups is 1. The van der Waals surface area contributed by atoms with E-state index in [1.54, 1.807) is 12.5 Å². The van der Waals surface area contributed by atoms with E-state index in [9.17, 15) is 0 Å². The Balaban J connectivity index is 0.000000120. The normalized spacial score (nSPS) is 10.6. The van der Waals surface area contributed by atoms with Crippen molar-refractivity contribution in [1.82, 2.24) is 0 Å². The van der Waals surface area contributed by atoms with Gasteiger partial charge in [0.05, 0.1) is 23.4 Å². The van der Waals surface area contributed by atoms with Crippen LogP contribution in [-0.4, -0.2) is 5.16 Å². The molecule has 0 N–H and O–H groups in total. The third-order valence-electron chi connectivity index (χ3n) is 4.86. The van der Waals surface area contributed by atoms with Gasteiger partial charge in [-0.15, -0.1) is 0 Å². The van der Waals surface area contributed by atoms with Crippen molar-refractivity contribution in [3.63, 3.8) is 0 Å². The van der Waals surface area contributed by atoms with Crippen molar-refractivity contribution < 1.29 is 9.15 Å². The van der Waals surface area contributed by atoms with Crippen molar-refractivity contribution in [3.8, 4) is 11.5 Å². The highest BCUT2D eigenvalue weighted by molar-refractivity contribution is 7.78. The fourth-order valence-corrected chi connectivity index (χ4v) is 3.39. The van der Waals surface area contributed by atoms with Crippen LogP contribution in [0.5, 0.6) is 11.5 Å². The van der Waals surface area contributed by atoms with Crippen LogP contribution in [0.4, 0.5) is 5.69 Å². The zero-order chi connectivity index (χ0) is 22.0. The standard InChI is InChI=1S/C13H10O.C8H6O.C7H5NS/c1-3-7-12-10(5-1)9-11-6-2-4-8-13(11)14-12;1-2-4-8-6-9-5-7(8)3-1;9-6-8-7-4-2-1-3-5-7/h1-8H,9H2;1-6H;1-5H. The molecule has 0 spiro atoms. The Kier molecular flexibility index (Phi) is 7.22. The number of benzene rings is 4. The lowest BCUT2D eigenvalue weighted by molar-refractivity contribution is 0.460. The van der Waals surface area contributed by atoms with Crippen LogP contribution in [0.1, 0.15) is 11.1 Å². The highest BCUT2D eigenvalue weighted by Crippen LogP contribution is 2.35. The first-order valence-corrected chi connectivity index (χ1v) is 10.6. The first kappa shape index (κ1) is 21.3. The van der Waals surface area contributed by atoms with Gasteiger partial charge in [-0.25, -0.2) is 0 Å². The van der Waals surface area contributed by atoms with E-state index in [2.05, 4.69) is 46.6 Å². The third kappa shape index (κ3) is 5.58. The van der Waals surface area contributed by atoms with Gasteiger partial charge in [-0.1, -0.05) is 78.9 Å². The smallest absolute Gasteiger partial charge is 0.130 e. The number of hydrogen-bond donors (Lipinski definition) is 0. The molecule has 0 bridgehead atoms. The van der Waals surface area contributed by atoms with Crippen molar-refractivity contribution in [1.29, 1.82) is 0 Å². The summed E-state index contributed by atoms with van der Waals surface area (Å²) in [7, 11) is 0. The predicted molar refractivity (Wildman–Crippen MR) is 133 cm³/mol. The summed E-state index contributed by atoms with van der Waals surface area (Å²) in [5.74, 6) is 1.98. The van der Waals surface area contributed by atoms with Crippen LogP contribution >= 0.6 is 12.2 Å². The fraction of sp³-hybridized carbons (Fsp3) is 0.0357. The fourth-order valence-electron chi connectivity index (χ4n) is 3.28. The number of nitrogens with zero attached hydrogens (tertiary/aromatic N) is 1. The number of fused-ring (bicyclic) bond motifs is 3. The highest BCUT2D eigenvalue weighted by Gasteiger charge is 2.14. The summed E-state index contributed by atoms with van der Waals surface area (Å²) in [5, 5.41) is 4.62. The average Bonchev–Trinajstić information content (AvgIpc) is 3.33. The first-order valence-electron chi connectivity index (χ1n) is 10.2. The molecule has 4 aromatic carbocycles. The van der Waals surface area contributed by atoms with Gasteiger partial charge in [0.1, 0.15) is 11.5 Å². The Morgan fingerprint density at radius 2 is 1.12 bits per heavy atom. The van der Waals surface area contributed by atoms with Crippen molar-refractivity contribution in [2.24, 2.45) is 4.99 Å². The van der Waals surface area contributed by atoms with Crippen LogP contribution in [0, 0.1) is 0 Å². The Morgan fingerprint density at radius 3 is 1.69 bits per heavy atom. The van der Waals surface area contributed by atoms with Crippen LogP contribution in [-0.2, 0) is 6.42 Å². The molecule has 3 nitrogen and oxygen atoms in total. The number of ether oxygens (including phenoxy) is 1. The maximum absolute atomic E-state index is 5.78.